The Bertz CT molecular complexity index is 878. The molecule has 1 aromatic carbocycles. The molecule has 0 aliphatic rings. The molecule has 0 saturated heterocycles. The molecule has 0 unspecified atom stereocenters. The molecule has 0 aliphatic heterocycles. The van der Waals surface area contributed by atoms with E-state index in [0.29, 0.717) is 6.07 Å². The maximum absolute atomic E-state index is 12.8. The van der Waals surface area contributed by atoms with Crippen LogP contribution in [0, 0.1) is 0 Å². The zero-order valence-corrected chi connectivity index (χ0v) is 13.5. The van der Waals surface area contributed by atoms with Gasteiger partial charge in [0, 0.05) is 5.69 Å². The molecule has 0 fully saturated rings. The third-order valence-electron chi connectivity index (χ3n) is 2.87. The predicted molar refractivity (Wildman–Crippen MR) is 79.4 cm³/mol. The smallest absolute Gasteiger partial charge is 0.417 e. The second-order valence-corrected chi connectivity index (χ2v) is 6.70. The average Bonchev–Trinajstić information content (AvgIpc) is 2.99. The number of amides is 1. The second kappa shape index (κ2) is 6.46. The number of rotatable bonds is 4. The molecule has 1 heterocycles. The van der Waals surface area contributed by atoms with E-state index >= 15 is 0 Å². The number of benzene rings is 1. The molecule has 2 aromatic rings. The van der Waals surface area contributed by atoms with E-state index in [4.69, 9.17) is 16.0 Å². The molecule has 2 N–H and O–H groups in total. The lowest BCUT2D eigenvalue weighted by atomic mass is 10.2. The molecule has 0 aliphatic carbocycles. The number of sulfonamides is 1. The van der Waals surface area contributed by atoms with Crippen LogP contribution in [0.15, 0.2) is 39.8 Å². The van der Waals surface area contributed by atoms with E-state index in [1.54, 1.807) is 0 Å². The molecule has 0 spiro atoms. The van der Waals surface area contributed by atoms with Gasteiger partial charge < -0.3 is 9.73 Å². The molecular weight excluding hydrogens is 373 g/mol. The number of nitrogens with one attached hydrogen (secondary N) is 2. The van der Waals surface area contributed by atoms with Gasteiger partial charge in [0.2, 0.25) is 5.09 Å². The molecule has 1 aromatic heterocycles. The Balaban J connectivity index is 2.25. The van der Waals surface area contributed by atoms with Gasteiger partial charge in [-0.2, -0.15) is 13.2 Å². The first-order valence-corrected chi connectivity index (χ1v) is 8.12. The first-order chi connectivity index (χ1) is 11.0. The van der Waals surface area contributed by atoms with Crippen LogP contribution in [0.2, 0.25) is 5.02 Å². The monoisotopic (exact) mass is 382 g/mol. The highest BCUT2D eigenvalue weighted by molar-refractivity contribution is 7.89. The van der Waals surface area contributed by atoms with Crippen LogP contribution in [0.1, 0.15) is 16.1 Å². The third-order valence-corrected chi connectivity index (χ3v) is 4.48. The van der Waals surface area contributed by atoms with Crippen LogP contribution in [0.3, 0.4) is 0 Å². The summed E-state index contributed by atoms with van der Waals surface area (Å²) in [6.07, 6.45) is -4.68. The van der Waals surface area contributed by atoms with Crippen molar-refractivity contribution in [2.75, 3.05) is 12.4 Å². The van der Waals surface area contributed by atoms with Crippen LogP contribution in [0.5, 0.6) is 0 Å². The van der Waals surface area contributed by atoms with Gasteiger partial charge in [-0.1, -0.05) is 11.6 Å². The maximum Gasteiger partial charge on any atom is 0.417 e. The zero-order valence-electron chi connectivity index (χ0n) is 11.9. The van der Waals surface area contributed by atoms with Crippen molar-refractivity contribution in [2.45, 2.75) is 11.3 Å². The predicted octanol–water partition coefficient (Wildman–Crippen LogP) is 3.11. The number of alkyl halides is 3. The number of anilines is 1. The Kier molecular flexibility index (Phi) is 4.92. The minimum absolute atomic E-state index is 0.175. The van der Waals surface area contributed by atoms with Crippen molar-refractivity contribution in [3.05, 3.63) is 46.7 Å². The number of carbonyl (C=O) groups excluding carboxylic acids is 1. The fourth-order valence-electron chi connectivity index (χ4n) is 1.70. The number of hydrogen-bond donors (Lipinski definition) is 2. The van der Waals surface area contributed by atoms with Crippen molar-refractivity contribution < 1.29 is 30.8 Å². The van der Waals surface area contributed by atoms with Gasteiger partial charge in [0.1, 0.15) is 0 Å². The molecule has 1 amide bonds. The molecule has 2 rings (SSSR count). The van der Waals surface area contributed by atoms with Gasteiger partial charge in [0.25, 0.3) is 15.9 Å². The minimum Gasteiger partial charge on any atom is -0.438 e. The largest absolute Gasteiger partial charge is 0.438 e. The summed E-state index contributed by atoms with van der Waals surface area (Å²) in [5.74, 6) is -1.30. The fraction of sp³-hybridized carbons (Fsp3) is 0.154. The van der Waals surface area contributed by atoms with Crippen molar-refractivity contribution in [2.24, 2.45) is 0 Å². The Hall–Kier alpha value is -2.04. The molecule has 6 nitrogen and oxygen atoms in total. The standard InChI is InChI=1S/C13H10ClF3N2O4S/c1-18-24(21,22)11-5-4-10(23-11)12(20)19-7-2-3-9(14)8(6-7)13(15,16)17/h2-6,18H,1H3,(H,19,20). The first-order valence-electron chi connectivity index (χ1n) is 6.26. The fourth-order valence-corrected chi connectivity index (χ4v) is 2.57. The zero-order chi connectivity index (χ0) is 18.1. The van der Waals surface area contributed by atoms with Gasteiger partial charge in [-0.15, -0.1) is 0 Å². The van der Waals surface area contributed by atoms with Crippen LogP contribution in [0.25, 0.3) is 0 Å². The summed E-state index contributed by atoms with van der Waals surface area (Å²) < 4.78 is 68.2. The summed E-state index contributed by atoms with van der Waals surface area (Å²) in [6, 6.07) is 4.95. The Morgan fingerprint density at radius 2 is 1.88 bits per heavy atom. The number of hydrogen-bond acceptors (Lipinski definition) is 4. The molecule has 0 saturated carbocycles. The second-order valence-electron chi connectivity index (χ2n) is 4.47. The Morgan fingerprint density at radius 3 is 2.46 bits per heavy atom. The summed E-state index contributed by atoms with van der Waals surface area (Å²) in [4.78, 5) is 12.0. The summed E-state index contributed by atoms with van der Waals surface area (Å²) in [7, 11) is -2.72. The summed E-state index contributed by atoms with van der Waals surface area (Å²) >= 11 is 5.48. The first kappa shape index (κ1) is 18.3. The van der Waals surface area contributed by atoms with E-state index in [-0.39, 0.29) is 11.4 Å². The van der Waals surface area contributed by atoms with Crippen molar-refractivity contribution in [1.82, 2.24) is 4.72 Å². The molecule has 0 bridgehead atoms. The topological polar surface area (TPSA) is 88.4 Å². The van der Waals surface area contributed by atoms with E-state index in [1.807, 2.05) is 4.72 Å². The summed E-state index contributed by atoms with van der Waals surface area (Å²) in [5, 5.41) is 1.16. The van der Waals surface area contributed by atoms with Gasteiger partial charge in [-0.3, -0.25) is 4.79 Å². The lowest BCUT2D eigenvalue weighted by Gasteiger charge is -2.11. The third kappa shape index (κ3) is 3.89. The van der Waals surface area contributed by atoms with Crippen molar-refractivity contribution in [3.8, 4) is 0 Å². The minimum atomic E-state index is -4.68. The van der Waals surface area contributed by atoms with E-state index in [2.05, 4.69) is 5.32 Å². The SMILES string of the molecule is CNS(=O)(=O)c1ccc(C(=O)Nc2ccc(Cl)c(C(F)(F)F)c2)o1. The van der Waals surface area contributed by atoms with Gasteiger partial charge in [-0.25, -0.2) is 13.1 Å². The normalized spacial score (nSPS) is 12.2. The van der Waals surface area contributed by atoms with Crippen LogP contribution in [-0.4, -0.2) is 21.4 Å². The molecule has 11 heteroatoms. The maximum atomic E-state index is 12.8. The van der Waals surface area contributed by atoms with Gasteiger partial charge in [0.15, 0.2) is 5.76 Å². The Labute approximate surface area is 139 Å². The quantitative estimate of drug-likeness (QED) is 0.850. The highest BCUT2D eigenvalue weighted by atomic mass is 35.5. The highest BCUT2D eigenvalue weighted by Gasteiger charge is 2.33. The van der Waals surface area contributed by atoms with E-state index < -0.39 is 37.8 Å². The molecule has 0 radical (unpaired) electrons. The number of furan rings is 1. The number of halogens is 4. The van der Waals surface area contributed by atoms with Crippen LogP contribution in [0.4, 0.5) is 18.9 Å². The lowest BCUT2D eigenvalue weighted by Crippen LogP contribution is -2.18. The molecule has 0 atom stereocenters. The number of carbonyl (C=O) groups is 1. The average molecular weight is 383 g/mol. The Morgan fingerprint density at radius 1 is 1.21 bits per heavy atom. The van der Waals surface area contributed by atoms with Gasteiger partial charge in [-0.05, 0) is 37.4 Å². The van der Waals surface area contributed by atoms with Crippen molar-refractivity contribution >= 4 is 33.2 Å². The van der Waals surface area contributed by atoms with Crippen LogP contribution >= 0.6 is 11.6 Å². The van der Waals surface area contributed by atoms with Crippen molar-refractivity contribution in [3.63, 3.8) is 0 Å². The van der Waals surface area contributed by atoms with Gasteiger partial charge in [0.05, 0.1) is 10.6 Å². The van der Waals surface area contributed by atoms with Crippen molar-refractivity contribution in [1.29, 1.82) is 0 Å². The van der Waals surface area contributed by atoms with Crippen LogP contribution in [-0.2, 0) is 16.2 Å². The van der Waals surface area contributed by atoms with Crippen LogP contribution < -0.4 is 10.0 Å². The summed E-state index contributed by atoms with van der Waals surface area (Å²) in [5.41, 5.74) is -1.29. The molecule has 130 valence electrons. The lowest BCUT2D eigenvalue weighted by molar-refractivity contribution is -0.137. The van der Waals surface area contributed by atoms with E-state index in [1.165, 1.54) is 6.07 Å². The van der Waals surface area contributed by atoms with E-state index in [0.717, 1.165) is 25.2 Å². The molecule has 24 heavy (non-hydrogen) atoms. The molecular formula is C13H10ClF3N2O4S. The van der Waals surface area contributed by atoms with E-state index in [9.17, 15) is 26.4 Å². The highest BCUT2D eigenvalue weighted by Crippen LogP contribution is 2.36. The summed E-state index contributed by atoms with van der Waals surface area (Å²) in [6.45, 7) is 0. The van der Waals surface area contributed by atoms with Gasteiger partial charge >= 0.3 is 6.18 Å².